The molecule has 0 fully saturated rings. The van der Waals surface area contributed by atoms with Gasteiger partial charge in [-0.2, -0.15) is 0 Å². The molecule has 0 spiro atoms. The molecule has 0 aliphatic heterocycles. The van der Waals surface area contributed by atoms with Gasteiger partial charge in [0.15, 0.2) is 0 Å². The van der Waals surface area contributed by atoms with E-state index in [2.05, 4.69) is 74.6 Å². The second-order valence-electron chi connectivity index (χ2n) is 7.12. The van der Waals surface area contributed by atoms with Crippen LogP contribution in [0, 0.1) is 0 Å². The fourth-order valence-electron chi connectivity index (χ4n) is 3.67. The Bertz CT molecular complexity index is 551. The van der Waals surface area contributed by atoms with E-state index in [1.54, 1.807) is 13.3 Å². The normalized spacial score (nSPS) is 11.8. The van der Waals surface area contributed by atoms with Crippen molar-refractivity contribution < 1.29 is 0 Å². The summed E-state index contributed by atoms with van der Waals surface area (Å²) < 4.78 is 6.55. The van der Waals surface area contributed by atoms with Gasteiger partial charge in [0.05, 0.1) is 0 Å². The van der Waals surface area contributed by atoms with Crippen LogP contribution in [0.15, 0.2) is 42.5 Å². The van der Waals surface area contributed by atoms with Crippen LogP contribution >= 0.6 is 11.3 Å². The van der Waals surface area contributed by atoms with Crippen molar-refractivity contribution in [2.45, 2.75) is 72.6 Å². The van der Waals surface area contributed by atoms with Gasteiger partial charge in [0.25, 0.3) is 0 Å². The second-order valence-corrected chi connectivity index (χ2v) is 22.4. The first kappa shape index (κ1) is 20.0. The third-order valence-electron chi connectivity index (χ3n) is 5.21. The van der Waals surface area contributed by atoms with E-state index in [1.165, 1.54) is 49.0 Å². The van der Waals surface area contributed by atoms with Crippen LogP contribution in [-0.4, -0.2) is 18.4 Å². The molecule has 1 aromatic carbocycles. The predicted molar refractivity (Wildman–Crippen MR) is 114 cm³/mol. The van der Waals surface area contributed by atoms with E-state index in [4.69, 9.17) is 0 Å². The molecule has 2 heteroatoms. The summed E-state index contributed by atoms with van der Waals surface area (Å²) in [5, 5.41) is 0. The first-order valence-corrected chi connectivity index (χ1v) is 18.2. The molecule has 2 aromatic rings. The van der Waals surface area contributed by atoms with Crippen molar-refractivity contribution in [3.05, 3.63) is 42.5 Å². The van der Waals surface area contributed by atoms with Gasteiger partial charge >= 0.3 is 158 Å². The van der Waals surface area contributed by atoms with Gasteiger partial charge in [0, 0.05) is 0 Å². The van der Waals surface area contributed by atoms with Gasteiger partial charge in [0.2, 0.25) is 0 Å². The van der Waals surface area contributed by atoms with Crippen molar-refractivity contribution >= 4 is 32.6 Å². The number of thiophene rings is 1. The standard InChI is InChI=1S/C10H7S.3C4H9.Sn/c1-2-5-9(6-3-1)10-7-4-8-11-10;3*1-3-4-2;/h1-7H;3*1,3-4H2,2H3;. The Morgan fingerprint density at radius 1 is 0.708 bits per heavy atom. The fourth-order valence-corrected chi connectivity index (χ4v) is 23.8. The van der Waals surface area contributed by atoms with E-state index >= 15 is 0 Å². The Kier molecular flexibility index (Phi) is 8.89. The molecule has 0 radical (unpaired) electrons. The van der Waals surface area contributed by atoms with E-state index in [0.717, 1.165) is 0 Å². The second kappa shape index (κ2) is 10.7. The maximum atomic E-state index is 2.53. The van der Waals surface area contributed by atoms with Crippen LogP contribution in [0.4, 0.5) is 0 Å². The van der Waals surface area contributed by atoms with Crippen molar-refractivity contribution in [3.8, 4) is 10.4 Å². The quantitative estimate of drug-likeness (QED) is 0.312. The molecule has 0 saturated carbocycles. The van der Waals surface area contributed by atoms with Gasteiger partial charge in [-0.05, 0) is 0 Å². The predicted octanol–water partition coefficient (Wildman–Crippen LogP) is 7.47. The van der Waals surface area contributed by atoms with Crippen LogP contribution in [0.1, 0.15) is 59.3 Å². The summed E-state index contributed by atoms with van der Waals surface area (Å²) in [5.74, 6) is 0. The SMILES string of the molecule is CCC[CH2][Sn]([CH2]CCC)([CH2]CCC)[c]1ccc(-c2ccccc2)s1. The van der Waals surface area contributed by atoms with E-state index in [0.29, 0.717) is 0 Å². The van der Waals surface area contributed by atoms with Crippen LogP contribution < -0.4 is 2.89 Å². The van der Waals surface area contributed by atoms with E-state index in [-0.39, 0.29) is 0 Å². The minimum atomic E-state index is -2.22. The Hall–Kier alpha value is -0.281. The average Bonchev–Trinajstić information content (AvgIpc) is 3.13. The molecule has 0 amide bonds. The molecular formula is C22H34SSn. The summed E-state index contributed by atoms with van der Waals surface area (Å²) >= 11 is -0.0837. The molecule has 132 valence electrons. The topological polar surface area (TPSA) is 0 Å². The van der Waals surface area contributed by atoms with Crippen molar-refractivity contribution in [3.63, 3.8) is 0 Å². The van der Waals surface area contributed by atoms with E-state index in [1.807, 2.05) is 2.89 Å². The van der Waals surface area contributed by atoms with Crippen molar-refractivity contribution in [1.82, 2.24) is 0 Å². The zero-order chi connectivity index (χ0) is 17.3. The molecule has 0 atom stereocenters. The molecule has 0 nitrogen and oxygen atoms in total. The van der Waals surface area contributed by atoms with E-state index < -0.39 is 18.4 Å². The van der Waals surface area contributed by atoms with Crippen LogP contribution in [0.2, 0.25) is 13.3 Å². The summed E-state index contributed by atoms with van der Waals surface area (Å²) in [6, 6.07) is 15.9. The number of hydrogen-bond acceptors (Lipinski definition) is 1. The zero-order valence-electron chi connectivity index (χ0n) is 15.8. The van der Waals surface area contributed by atoms with Gasteiger partial charge in [-0.15, -0.1) is 0 Å². The molecule has 1 heterocycles. The van der Waals surface area contributed by atoms with Gasteiger partial charge in [-0.25, -0.2) is 0 Å². The molecular weight excluding hydrogens is 415 g/mol. The minimum absolute atomic E-state index is 1.35. The molecule has 1 aromatic heterocycles. The molecule has 0 unspecified atom stereocenters. The summed E-state index contributed by atoms with van der Waals surface area (Å²) in [7, 11) is 0. The number of hydrogen-bond donors (Lipinski definition) is 0. The Morgan fingerprint density at radius 2 is 1.25 bits per heavy atom. The summed E-state index contributed by atoms with van der Waals surface area (Å²) in [6.07, 6.45) is 8.40. The van der Waals surface area contributed by atoms with Crippen LogP contribution in [0.5, 0.6) is 0 Å². The Morgan fingerprint density at radius 3 is 1.75 bits per heavy atom. The van der Waals surface area contributed by atoms with Gasteiger partial charge < -0.3 is 0 Å². The van der Waals surface area contributed by atoms with Crippen molar-refractivity contribution in [2.75, 3.05) is 0 Å². The maximum absolute atomic E-state index is 2.53. The average molecular weight is 449 g/mol. The summed E-state index contributed by atoms with van der Waals surface area (Å²) in [5.41, 5.74) is 1.40. The van der Waals surface area contributed by atoms with Crippen LogP contribution in [0.3, 0.4) is 0 Å². The molecule has 0 aliphatic rings. The van der Waals surface area contributed by atoms with Gasteiger partial charge in [-0.3, -0.25) is 0 Å². The number of benzene rings is 1. The molecule has 0 aliphatic carbocycles. The molecule has 24 heavy (non-hydrogen) atoms. The molecule has 2 rings (SSSR count). The molecule has 0 N–H and O–H groups in total. The van der Waals surface area contributed by atoms with Crippen LogP contribution in [0.25, 0.3) is 10.4 Å². The number of rotatable bonds is 11. The van der Waals surface area contributed by atoms with Crippen molar-refractivity contribution in [2.24, 2.45) is 0 Å². The zero-order valence-corrected chi connectivity index (χ0v) is 19.5. The fraction of sp³-hybridized carbons (Fsp3) is 0.545. The Labute approximate surface area is 157 Å². The summed E-state index contributed by atoms with van der Waals surface area (Å²) in [6.45, 7) is 7.08. The van der Waals surface area contributed by atoms with E-state index in [9.17, 15) is 0 Å². The van der Waals surface area contributed by atoms with Crippen LogP contribution in [-0.2, 0) is 0 Å². The first-order valence-electron chi connectivity index (χ1n) is 9.91. The van der Waals surface area contributed by atoms with Gasteiger partial charge in [0.1, 0.15) is 0 Å². The number of unbranched alkanes of at least 4 members (excludes halogenated alkanes) is 3. The van der Waals surface area contributed by atoms with Gasteiger partial charge in [-0.1, -0.05) is 0 Å². The Balaban J connectivity index is 2.31. The molecule has 0 saturated heterocycles. The third kappa shape index (κ3) is 5.36. The summed E-state index contributed by atoms with van der Waals surface area (Å²) in [4.78, 5) is 1.48. The monoisotopic (exact) mass is 450 g/mol. The third-order valence-corrected chi connectivity index (χ3v) is 24.6. The van der Waals surface area contributed by atoms with Crippen molar-refractivity contribution in [1.29, 1.82) is 0 Å². The first-order chi connectivity index (χ1) is 11.8. The molecule has 0 bridgehead atoms.